The molecule has 5 atom stereocenters. The summed E-state index contributed by atoms with van der Waals surface area (Å²) in [6, 6.07) is 0. The molecule has 17 nitrogen and oxygen atoms in total. The van der Waals surface area contributed by atoms with E-state index >= 15 is 0 Å². The highest BCUT2D eigenvalue weighted by molar-refractivity contribution is 7.47. The summed E-state index contributed by atoms with van der Waals surface area (Å²) in [5, 5.41) is 10.6. The first-order valence-corrected chi connectivity index (χ1v) is 38.5. The number of carbonyl (C=O) groups excluding carboxylic acids is 4. The summed E-state index contributed by atoms with van der Waals surface area (Å²) >= 11 is 0. The highest BCUT2D eigenvalue weighted by atomic mass is 31.2. The zero-order chi connectivity index (χ0) is 64.3. The van der Waals surface area contributed by atoms with Crippen LogP contribution in [0.1, 0.15) is 343 Å². The molecule has 0 saturated heterocycles. The number of phosphoric ester groups is 2. The van der Waals surface area contributed by atoms with Crippen LogP contribution < -0.4 is 0 Å². The molecular formula is C68H132O17P2. The van der Waals surface area contributed by atoms with Crippen LogP contribution in [0.3, 0.4) is 0 Å². The number of rotatable bonds is 67. The van der Waals surface area contributed by atoms with Crippen molar-refractivity contribution in [2.24, 2.45) is 11.8 Å². The van der Waals surface area contributed by atoms with Crippen LogP contribution in [0.15, 0.2) is 0 Å². The minimum absolute atomic E-state index is 0.105. The fraction of sp³-hybridized carbons (Fsp3) is 0.941. The fourth-order valence-electron chi connectivity index (χ4n) is 10.2. The Hall–Kier alpha value is -1.94. The van der Waals surface area contributed by atoms with Gasteiger partial charge in [0.15, 0.2) is 12.2 Å². The standard InChI is InChI=1S/C68H132O17P2/c1-7-9-11-13-15-17-19-20-21-22-23-24-25-26-28-32-41-47-53-68(73)84-63(56-78-65(70)50-44-38-33-29-30-36-42-48-60(3)4)58-82-86(74,75)80-54-62(69)55-81-87(76,77)83-59-64(57-79-66(71)51-45-39-35-34-37-43-49-61(5)6)85-67(72)52-46-40-31-27-18-16-14-12-10-8-2/h60-64,69H,7-59H2,1-6H3,(H,74,75)(H,76,77)/t62-,63-,64-/m1/s1. The zero-order valence-corrected chi connectivity index (χ0v) is 58.1. The largest absolute Gasteiger partial charge is 0.472 e. The first-order chi connectivity index (χ1) is 41.9. The van der Waals surface area contributed by atoms with Crippen LogP contribution in [-0.2, 0) is 65.4 Å². The quantitative estimate of drug-likeness (QED) is 0.0222. The molecule has 0 fully saturated rings. The third-order valence-corrected chi connectivity index (χ3v) is 17.6. The number of aliphatic hydroxyl groups is 1. The Morgan fingerprint density at radius 2 is 0.529 bits per heavy atom. The monoisotopic (exact) mass is 1280 g/mol. The van der Waals surface area contributed by atoms with E-state index in [1.54, 1.807) is 0 Å². The average molecular weight is 1280 g/mol. The van der Waals surface area contributed by atoms with Gasteiger partial charge in [-0.15, -0.1) is 0 Å². The molecule has 3 N–H and O–H groups in total. The number of ether oxygens (including phenoxy) is 4. The van der Waals surface area contributed by atoms with Crippen LogP contribution in [-0.4, -0.2) is 96.7 Å². The number of hydrogen-bond acceptors (Lipinski definition) is 15. The molecule has 87 heavy (non-hydrogen) atoms. The molecule has 0 aromatic rings. The molecule has 0 aliphatic heterocycles. The summed E-state index contributed by atoms with van der Waals surface area (Å²) in [5.74, 6) is -0.746. The Labute approximate surface area is 530 Å². The molecular weight excluding hydrogens is 1150 g/mol. The van der Waals surface area contributed by atoms with E-state index in [4.69, 9.17) is 37.0 Å². The van der Waals surface area contributed by atoms with E-state index in [2.05, 4.69) is 41.5 Å². The summed E-state index contributed by atoms with van der Waals surface area (Å²) in [6.45, 7) is 9.38. The van der Waals surface area contributed by atoms with Gasteiger partial charge >= 0.3 is 39.5 Å². The van der Waals surface area contributed by atoms with Crippen LogP contribution in [0.25, 0.3) is 0 Å². The second-order valence-corrected chi connectivity index (χ2v) is 28.4. The molecule has 0 radical (unpaired) electrons. The molecule has 0 rings (SSSR count). The fourth-order valence-corrected chi connectivity index (χ4v) is 11.8. The molecule has 2 unspecified atom stereocenters. The van der Waals surface area contributed by atoms with Gasteiger partial charge in [-0.3, -0.25) is 37.3 Å². The van der Waals surface area contributed by atoms with Crippen LogP contribution >= 0.6 is 15.6 Å². The summed E-state index contributed by atoms with van der Waals surface area (Å²) in [6.07, 6.45) is 44.7. The first-order valence-electron chi connectivity index (χ1n) is 35.5. The number of unbranched alkanes of at least 4 members (excludes halogenated alkanes) is 37. The first kappa shape index (κ1) is 85.1. The summed E-state index contributed by atoms with van der Waals surface area (Å²) in [5.41, 5.74) is 0. The van der Waals surface area contributed by atoms with E-state index in [1.165, 1.54) is 148 Å². The van der Waals surface area contributed by atoms with Gasteiger partial charge in [0, 0.05) is 25.7 Å². The van der Waals surface area contributed by atoms with Gasteiger partial charge in [0.05, 0.1) is 26.4 Å². The molecule has 0 amide bonds. The lowest BCUT2D eigenvalue weighted by molar-refractivity contribution is -0.161. The van der Waals surface area contributed by atoms with E-state index in [0.29, 0.717) is 37.5 Å². The summed E-state index contributed by atoms with van der Waals surface area (Å²) in [7, 11) is -9.89. The van der Waals surface area contributed by atoms with E-state index < -0.39 is 97.5 Å². The number of carbonyl (C=O) groups is 4. The molecule has 0 aliphatic rings. The third kappa shape index (κ3) is 62.6. The maximum atomic E-state index is 13.0. The number of esters is 4. The second-order valence-electron chi connectivity index (χ2n) is 25.5. The normalized spacial score (nSPS) is 14.2. The number of hydrogen-bond donors (Lipinski definition) is 3. The zero-order valence-electron chi connectivity index (χ0n) is 56.3. The molecule has 0 aliphatic carbocycles. The van der Waals surface area contributed by atoms with E-state index in [9.17, 15) is 43.2 Å². The minimum atomic E-state index is -4.95. The molecule has 0 aromatic heterocycles. The Kier molecular flexibility index (Phi) is 59.0. The average Bonchev–Trinajstić information content (AvgIpc) is 3.59. The van der Waals surface area contributed by atoms with E-state index in [-0.39, 0.29) is 25.7 Å². The predicted molar refractivity (Wildman–Crippen MR) is 349 cm³/mol. The lowest BCUT2D eigenvalue weighted by Gasteiger charge is -2.21. The Bertz CT molecular complexity index is 1700. The second kappa shape index (κ2) is 60.3. The van der Waals surface area contributed by atoms with Crippen molar-refractivity contribution < 1.29 is 80.2 Å². The van der Waals surface area contributed by atoms with Crippen LogP contribution in [0.4, 0.5) is 0 Å². The summed E-state index contributed by atoms with van der Waals surface area (Å²) < 4.78 is 68.1. The van der Waals surface area contributed by atoms with Crippen molar-refractivity contribution in [3.8, 4) is 0 Å². The van der Waals surface area contributed by atoms with Gasteiger partial charge in [-0.05, 0) is 37.5 Å². The maximum Gasteiger partial charge on any atom is 0.472 e. The van der Waals surface area contributed by atoms with Crippen LogP contribution in [0, 0.1) is 11.8 Å². The lowest BCUT2D eigenvalue weighted by atomic mass is 10.0. The van der Waals surface area contributed by atoms with Crippen LogP contribution in [0.2, 0.25) is 0 Å². The van der Waals surface area contributed by atoms with Crippen molar-refractivity contribution in [2.75, 3.05) is 39.6 Å². The Morgan fingerprint density at radius 1 is 0.310 bits per heavy atom. The van der Waals surface area contributed by atoms with Crippen molar-refractivity contribution in [2.45, 2.75) is 362 Å². The molecule has 0 aromatic carbocycles. The minimum Gasteiger partial charge on any atom is -0.462 e. The van der Waals surface area contributed by atoms with Gasteiger partial charge in [-0.25, -0.2) is 9.13 Å². The molecule has 0 spiro atoms. The Morgan fingerprint density at radius 3 is 0.782 bits per heavy atom. The van der Waals surface area contributed by atoms with Gasteiger partial charge in [-0.1, -0.05) is 292 Å². The number of phosphoric acid groups is 2. The molecule has 19 heteroatoms. The van der Waals surface area contributed by atoms with Crippen molar-refractivity contribution in [1.29, 1.82) is 0 Å². The maximum absolute atomic E-state index is 13.0. The van der Waals surface area contributed by atoms with Crippen molar-refractivity contribution >= 4 is 39.5 Å². The molecule has 0 bridgehead atoms. The van der Waals surface area contributed by atoms with Gasteiger partial charge in [0.2, 0.25) is 0 Å². The van der Waals surface area contributed by atoms with Crippen molar-refractivity contribution in [3.63, 3.8) is 0 Å². The van der Waals surface area contributed by atoms with Crippen molar-refractivity contribution in [3.05, 3.63) is 0 Å². The van der Waals surface area contributed by atoms with Gasteiger partial charge < -0.3 is 33.8 Å². The lowest BCUT2D eigenvalue weighted by Crippen LogP contribution is -2.30. The highest BCUT2D eigenvalue weighted by Crippen LogP contribution is 2.45. The van der Waals surface area contributed by atoms with Gasteiger partial charge in [-0.2, -0.15) is 0 Å². The van der Waals surface area contributed by atoms with E-state index in [0.717, 1.165) is 103 Å². The molecule has 0 heterocycles. The van der Waals surface area contributed by atoms with Gasteiger partial charge in [0.25, 0.3) is 0 Å². The summed E-state index contributed by atoms with van der Waals surface area (Å²) in [4.78, 5) is 72.3. The molecule has 0 saturated carbocycles. The van der Waals surface area contributed by atoms with Gasteiger partial charge in [0.1, 0.15) is 19.3 Å². The van der Waals surface area contributed by atoms with E-state index in [1.807, 2.05) is 0 Å². The highest BCUT2D eigenvalue weighted by Gasteiger charge is 2.30. The predicted octanol–water partition coefficient (Wildman–Crippen LogP) is 19.2. The Balaban J connectivity index is 5.19. The van der Waals surface area contributed by atoms with Crippen LogP contribution in [0.5, 0.6) is 0 Å². The van der Waals surface area contributed by atoms with Crippen molar-refractivity contribution in [1.82, 2.24) is 0 Å². The third-order valence-electron chi connectivity index (χ3n) is 15.7. The SMILES string of the molecule is CCCCCCCCCCCCCCCCCCCCC(=O)O[C@H](COC(=O)CCCCCCCCCC(C)C)COP(=O)(O)OC[C@@H](O)COP(=O)(O)OC[C@@H](COC(=O)CCCCCCCCC(C)C)OC(=O)CCCCCCCCCCCC. The molecule has 516 valence electrons. The number of aliphatic hydroxyl groups excluding tert-OH is 1. The topological polar surface area (TPSA) is 237 Å². The smallest absolute Gasteiger partial charge is 0.462 e.